The molecule has 1 heterocycles. The highest BCUT2D eigenvalue weighted by atomic mass is 16.6. The minimum atomic E-state index is -0.0620. The summed E-state index contributed by atoms with van der Waals surface area (Å²) < 4.78 is 11.6. The molecule has 0 spiro atoms. The molecule has 0 amide bonds. The first-order chi connectivity index (χ1) is 7.84. The third-order valence-corrected chi connectivity index (χ3v) is 3.86. The van der Waals surface area contributed by atoms with Gasteiger partial charge in [0.25, 0.3) is 0 Å². The monoisotopic (exact) mass is 220 g/mol. The highest BCUT2D eigenvalue weighted by molar-refractivity contribution is 5.41. The van der Waals surface area contributed by atoms with Gasteiger partial charge in [0.2, 0.25) is 0 Å². The maximum Gasteiger partial charge on any atom is 0.161 e. The molecule has 1 fully saturated rings. The van der Waals surface area contributed by atoms with Crippen molar-refractivity contribution >= 4 is 0 Å². The fraction of sp³-hybridized carbons (Fsp3) is 0.538. The molecule has 1 aliphatic carbocycles. The van der Waals surface area contributed by atoms with Gasteiger partial charge < -0.3 is 14.6 Å². The van der Waals surface area contributed by atoms with Crippen LogP contribution in [0.25, 0.3) is 0 Å². The molecule has 1 aromatic carbocycles. The third-order valence-electron chi connectivity index (χ3n) is 3.86. The summed E-state index contributed by atoms with van der Waals surface area (Å²) in [6.07, 6.45) is 3.27. The standard InChI is InChI=1S/C13H16O3/c14-9-13(6-3-7-13)12-8-15-10-4-1-2-5-11(10)16-12/h1-2,4-5,12,14H,3,6-9H2. The van der Waals surface area contributed by atoms with Gasteiger partial charge in [0.1, 0.15) is 12.7 Å². The van der Waals surface area contributed by atoms with E-state index in [0.717, 1.165) is 24.3 Å². The normalized spacial score (nSPS) is 25.9. The summed E-state index contributed by atoms with van der Waals surface area (Å²) in [5.74, 6) is 1.62. The number of hydrogen-bond acceptors (Lipinski definition) is 3. The molecule has 1 unspecified atom stereocenters. The van der Waals surface area contributed by atoms with Crippen molar-refractivity contribution < 1.29 is 14.6 Å². The van der Waals surface area contributed by atoms with Crippen molar-refractivity contribution in [1.29, 1.82) is 0 Å². The van der Waals surface area contributed by atoms with Gasteiger partial charge in [0.05, 0.1) is 6.61 Å². The number of rotatable bonds is 2. The number of ether oxygens (including phenoxy) is 2. The molecule has 2 aliphatic rings. The number of benzene rings is 1. The summed E-state index contributed by atoms with van der Waals surface area (Å²) in [6.45, 7) is 0.751. The molecule has 86 valence electrons. The van der Waals surface area contributed by atoms with Gasteiger partial charge in [-0.2, -0.15) is 0 Å². The van der Waals surface area contributed by atoms with E-state index in [2.05, 4.69) is 0 Å². The Morgan fingerprint density at radius 2 is 2.00 bits per heavy atom. The van der Waals surface area contributed by atoms with Gasteiger partial charge in [0.15, 0.2) is 11.5 Å². The lowest BCUT2D eigenvalue weighted by molar-refractivity contribution is -0.0859. The quantitative estimate of drug-likeness (QED) is 0.828. The number of aliphatic hydroxyl groups excluding tert-OH is 1. The first kappa shape index (κ1) is 9.97. The molecule has 1 aliphatic heterocycles. The molecule has 0 radical (unpaired) electrons. The molecule has 0 bridgehead atoms. The zero-order valence-electron chi connectivity index (χ0n) is 9.19. The van der Waals surface area contributed by atoms with Gasteiger partial charge in [-0.25, -0.2) is 0 Å². The van der Waals surface area contributed by atoms with E-state index < -0.39 is 0 Å². The predicted octanol–water partition coefficient (Wildman–Crippen LogP) is 1.99. The van der Waals surface area contributed by atoms with Gasteiger partial charge in [-0.1, -0.05) is 18.6 Å². The summed E-state index contributed by atoms with van der Waals surface area (Å²) in [4.78, 5) is 0. The molecule has 0 saturated heterocycles. The Morgan fingerprint density at radius 1 is 1.25 bits per heavy atom. The zero-order chi connectivity index (χ0) is 11.0. The van der Waals surface area contributed by atoms with E-state index in [0.29, 0.717) is 6.61 Å². The van der Waals surface area contributed by atoms with Gasteiger partial charge >= 0.3 is 0 Å². The highest BCUT2D eigenvalue weighted by Crippen LogP contribution is 2.47. The molecule has 16 heavy (non-hydrogen) atoms. The molecule has 1 atom stereocenters. The van der Waals surface area contributed by atoms with Crippen LogP contribution >= 0.6 is 0 Å². The predicted molar refractivity (Wildman–Crippen MR) is 59.7 cm³/mol. The van der Waals surface area contributed by atoms with Gasteiger partial charge in [-0.15, -0.1) is 0 Å². The average molecular weight is 220 g/mol. The Balaban J connectivity index is 1.82. The molecular formula is C13H16O3. The Morgan fingerprint density at radius 3 is 2.62 bits per heavy atom. The van der Waals surface area contributed by atoms with Crippen molar-refractivity contribution in [3.63, 3.8) is 0 Å². The van der Waals surface area contributed by atoms with Crippen LogP contribution in [-0.4, -0.2) is 24.4 Å². The molecular weight excluding hydrogens is 204 g/mol. The van der Waals surface area contributed by atoms with Crippen LogP contribution in [0.1, 0.15) is 19.3 Å². The Labute approximate surface area is 95.0 Å². The second-order valence-electron chi connectivity index (χ2n) is 4.74. The molecule has 1 N–H and O–H groups in total. The van der Waals surface area contributed by atoms with E-state index in [9.17, 15) is 5.11 Å². The molecule has 3 nitrogen and oxygen atoms in total. The van der Waals surface area contributed by atoms with Crippen molar-refractivity contribution in [3.05, 3.63) is 24.3 Å². The number of para-hydroxylation sites is 2. The van der Waals surface area contributed by atoms with Crippen LogP contribution < -0.4 is 9.47 Å². The van der Waals surface area contributed by atoms with Crippen LogP contribution in [0, 0.1) is 5.41 Å². The minimum absolute atomic E-state index is 0.00106. The van der Waals surface area contributed by atoms with Crippen molar-refractivity contribution in [2.24, 2.45) is 5.41 Å². The van der Waals surface area contributed by atoms with Crippen LogP contribution in [-0.2, 0) is 0 Å². The van der Waals surface area contributed by atoms with Gasteiger partial charge in [0, 0.05) is 5.41 Å². The lowest BCUT2D eigenvalue weighted by atomic mass is 9.65. The topological polar surface area (TPSA) is 38.7 Å². The third kappa shape index (κ3) is 1.39. The maximum absolute atomic E-state index is 9.50. The van der Waals surface area contributed by atoms with E-state index in [1.807, 2.05) is 24.3 Å². The van der Waals surface area contributed by atoms with Crippen molar-refractivity contribution in [2.75, 3.05) is 13.2 Å². The lowest BCUT2D eigenvalue weighted by Gasteiger charge is -2.47. The number of aliphatic hydroxyl groups is 1. The summed E-state index contributed by atoms with van der Waals surface area (Å²) in [6, 6.07) is 7.72. The highest BCUT2D eigenvalue weighted by Gasteiger charge is 2.47. The molecule has 1 aromatic rings. The largest absolute Gasteiger partial charge is 0.486 e. The first-order valence-electron chi connectivity index (χ1n) is 5.83. The van der Waals surface area contributed by atoms with E-state index >= 15 is 0 Å². The van der Waals surface area contributed by atoms with Gasteiger partial charge in [-0.05, 0) is 25.0 Å². The van der Waals surface area contributed by atoms with E-state index in [4.69, 9.17) is 9.47 Å². The minimum Gasteiger partial charge on any atom is -0.486 e. The molecule has 1 saturated carbocycles. The second kappa shape index (κ2) is 3.67. The second-order valence-corrected chi connectivity index (χ2v) is 4.74. The lowest BCUT2D eigenvalue weighted by Crippen LogP contribution is -2.51. The maximum atomic E-state index is 9.50. The fourth-order valence-electron chi connectivity index (χ4n) is 2.53. The van der Waals surface area contributed by atoms with Crippen LogP contribution in [0.5, 0.6) is 11.5 Å². The molecule has 3 heteroatoms. The Bertz CT molecular complexity index is 379. The van der Waals surface area contributed by atoms with Crippen LogP contribution in [0.15, 0.2) is 24.3 Å². The van der Waals surface area contributed by atoms with Crippen molar-refractivity contribution in [1.82, 2.24) is 0 Å². The van der Waals surface area contributed by atoms with Gasteiger partial charge in [-0.3, -0.25) is 0 Å². The van der Waals surface area contributed by atoms with Crippen LogP contribution in [0.2, 0.25) is 0 Å². The van der Waals surface area contributed by atoms with E-state index in [1.54, 1.807) is 0 Å². The molecule has 3 rings (SSSR count). The molecule has 0 aromatic heterocycles. The number of fused-ring (bicyclic) bond motifs is 1. The summed E-state index contributed by atoms with van der Waals surface area (Å²) >= 11 is 0. The Kier molecular flexibility index (Phi) is 2.28. The zero-order valence-corrected chi connectivity index (χ0v) is 9.19. The summed E-state index contributed by atoms with van der Waals surface area (Å²) in [7, 11) is 0. The van der Waals surface area contributed by atoms with Crippen LogP contribution in [0.4, 0.5) is 0 Å². The fourth-order valence-corrected chi connectivity index (χ4v) is 2.53. The summed E-state index contributed by atoms with van der Waals surface area (Å²) in [5, 5.41) is 9.50. The van der Waals surface area contributed by atoms with E-state index in [1.165, 1.54) is 6.42 Å². The Hall–Kier alpha value is -1.22. The van der Waals surface area contributed by atoms with Crippen molar-refractivity contribution in [3.8, 4) is 11.5 Å². The number of hydrogen-bond donors (Lipinski definition) is 1. The summed E-state index contributed by atoms with van der Waals surface area (Å²) in [5.41, 5.74) is -0.0620. The van der Waals surface area contributed by atoms with Crippen molar-refractivity contribution in [2.45, 2.75) is 25.4 Å². The first-order valence-corrected chi connectivity index (χ1v) is 5.83. The smallest absolute Gasteiger partial charge is 0.161 e. The van der Waals surface area contributed by atoms with Crippen LogP contribution in [0.3, 0.4) is 0 Å². The SMILES string of the molecule is OCC1(C2COc3ccccc3O2)CCC1. The average Bonchev–Trinajstić information content (AvgIpc) is 2.28. The van der Waals surface area contributed by atoms with E-state index in [-0.39, 0.29) is 18.1 Å².